The van der Waals surface area contributed by atoms with Crippen LogP contribution in [0.2, 0.25) is 0 Å². The first-order chi connectivity index (χ1) is 11.8. The number of ether oxygens (including phenoxy) is 1. The Bertz CT molecular complexity index is 892. The number of hydrogen-bond donors (Lipinski definition) is 2. The van der Waals surface area contributed by atoms with Gasteiger partial charge in [-0.3, -0.25) is 9.52 Å². The van der Waals surface area contributed by atoms with E-state index in [1.54, 1.807) is 13.0 Å². The summed E-state index contributed by atoms with van der Waals surface area (Å²) in [5.74, 6) is 0.169. The smallest absolute Gasteiger partial charge is 0.261 e. The van der Waals surface area contributed by atoms with Gasteiger partial charge >= 0.3 is 0 Å². The zero-order chi connectivity index (χ0) is 18.6. The van der Waals surface area contributed by atoms with Crippen LogP contribution in [-0.4, -0.2) is 21.4 Å². The molecule has 25 heavy (non-hydrogen) atoms. The van der Waals surface area contributed by atoms with Crippen LogP contribution >= 0.6 is 0 Å². The summed E-state index contributed by atoms with van der Waals surface area (Å²) >= 11 is 0. The summed E-state index contributed by atoms with van der Waals surface area (Å²) in [5.41, 5.74) is 2.71. The van der Waals surface area contributed by atoms with E-state index in [2.05, 4.69) is 10.0 Å². The Balaban J connectivity index is 2.38. The topological polar surface area (TPSA) is 84.5 Å². The lowest BCUT2D eigenvalue weighted by Crippen LogP contribution is -2.15. The second-order valence-electron chi connectivity index (χ2n) is 5.69. The number of aryl methyl sites for hydroxylation is 2. The summed E-state index contributed by atoms with van der Waals surface area (Å²) in [6.07, 6.45) is 0.279. The summed E-state index contributed by atoms with van der Waals surface area (Å²) in [4.78, 5) is 11.7. The van der Waals surface area contributed by atoms with Crippen LogP contribution in [-0.2, 0) is 14.8 Å². The van der Waals surface area contributed by atoms with Crippen molar-refractivity contribution in [3.63, 3.8) is 0 Å². The summed E-state index contributed by atoms with van der Waals surface area (Å²) < 4.78 is 33.1. The SMILES string of the molecule is CCC(=O)Nc1cc(S(=O)(=O)Nc2ccc(C)cc2C)ccc1OC. The zero-order valence-electron chi connectivity index (χ0n) is 14.7. The van der Waals surface area contributed by atoms with Gasteiger partial charge in [0.15, 0.2) is 0 Å². The van der Waals surface area contributed by atoms with Crippen molar-refractivity contribution in [2.24, 2.45) is 0 Å². The van der Waals surface area contributed by atoms with Crippen LogP contribution in [0.25, 0.3) is 0 Å². The molecule has 0 saturated heterocycles. The molecule has 0 heterocycles. The van der Waals surface area contributed by atoms with Crippen LogP contribution in [0.3, 0.4) is 0 Å². The predicted molar refractivity (Wildman–Crippen MR) is 98.6 cm³/mol. The highest BCUT2D eigenvalue weighted by atomic mass is 32.2. The largest absolute Gasteiger partial charge is 0.495 e. The minimum Gasteiger partial charge on any atom is -0.495 e. The lowest BCUT2D eigenvalue weighted by atomic mass is 10.1. The summed E-state index contributed by atoms with van der Waals surface area (Å²) in [6, 6.07) is 9.81. The minimum atomic E-state index is -3.80. The van der Waals surface area contributed by atoms with E-state index in [1.165, 1.54) is 25.3 Å². The molecule has 6 nitrogen and oxygen atoms in total. The molecule has 2 aromatic rings. The molecule has 0 aliphatic heterocycles. The van der Waals surface area contributed by atoms with Crippen molar-refractivity contribution < 1.29 is 17.9 Å². The first-order valence-electron chi connectivity index (χ1n) is 7.84. The van der Waals surface area contributed by atoms with Gasteiger partial charge < -0.3 is 10.1 Å². The molecule has 0 aliphatic rings. The Kier molecular flexibility index (Phi) is 5.69. The molecule has 2 rings (SSSR count). The van der Waals surface area contributed by atoms with Gasteiger partial charge in [0.1, 0.15) is 5.75 Å². The highest BCUT2D eigenvalue weighted by Gasteiger charge is 2.18. The highest BCUT2D eigenvalue weighted by Crippen LogP contribution is 2.29. The number of nitrogens with one attached hydrogen (secondary N) is 2. The van der Waals surface area contributed by atoms with E-state index < -0.39 is 10.0 Å². The van der Waals surface area contributed by atoms with Gasteiger partial charge in [0.25, 0.3) is 10.0 Å². The van der Waals surface area contributed by atoms with Gasteiger partial charge in [-0.25, -0.2) is 8.42 Å². The molecule has 0 fully saturated rings. The number of benzene rings is 2. The molecule has 0 aliphatic carbocycles. The minimum absolute atomic E-state index is 0.0414. The van der Waals surface area contributed by atoms with Crippen molar-refractivity contribution in [2.75, 3.05) is 17.1 Å². The van der Waals surface area contributed by atoms with Gasteiger partial charge in [-0.1, -0.05) is 24.6 Å². The van der Waals surface area contributed by atoms with Crippen LogP contribution in [0.15, 0.2) is 41.3 Å². The fourth-order valence-corrected chi connectivity index (χ4v) is 3.48. The predicted octanol–water partition coefficient (Wildman–Crippen LogP) is 3.46. The Hall–Kier alpha value is -2.54. The zero-order valence-corrected chi connectivity index (χ0v) is 15.5. The van der Waals surface area contributed by atoms with Crippen molar-refractivity contribution in [3.05, 3.63) is 47.5 Å². The summed E-state index contributed by atoms with van der Waals surface area (Å²) in [6.45, 7) is 5.49. The number of amides is 1. The summed E-state index contributed by atoms with van der Waals surface area (Å²) in [5, 5.41) is 2.65. The molecule has 0 unspecified atom stereocenters. The van der Waals surface area contributed by atoms with Gasteiger partial charge in [0, 0.05) is 6.42 Å². The number of anilines is 2. The van der Waals surface area contributed by atoms with E-state index in [4.69, 9.17) is 4.74 Å². The molecule has 0 aromatic heterocycles. The summed E-state index contributed by atoms with van der Waals surface area (Å²) in [7, 11) is -2.34. The molecule has 0 bridgehead atoms. The maximum absolute atomic E-state index is 12.7. The second-order valence-corrected chi connectivity index (χ2v) is 7.37. The average molecular weight is 362 g/mol. The maximum Gasteiger partial charge on any atom is 0.261 e. The van der Waals surface area contributed by atoms with E-state index >= 15 is 0 Å². The van der Waals surface area contributed by atoms with Gasteiger partial charge in [0.05, 0.1) is 23.4 Å². The Morgan fingerprint density at radius 3 is 2.40 bits per heavy atom. The van der Waals surface area contributed by atoms with E-state index in [0.29, 0.717) is 17.1 Å². The maximum atomic E-state index is 12.7. The molecule has 1 amide bonds. The Morgan fingerprint density at radius 1 is 1.08 bits per heavy atom. The number of hydrogen-bond acceptors (Lipinski definition) is 4. The molecule has 134 valence electrons. The quantitative estimate of drug-likeness (QED) is 0.824. The number of carbonyl (C=O) groups is 1. The van der Waals surface area contributed by atoms with Crippen molar-refractivity contribution >= 4 is 27.3 Å². The van der Waals surface area contributed by atoms with E-state index in [0.717, 1.165) is 11.1 Å². The molecule has 0 spiro atoms. The molecular weight excluding hydrogens is 340 g/mol. The molecule has 0 radical (unpaired) electrons. The van der Waals surface area contributed by atoms with Crippen LogP contribution in [0.4, 0.5) is 11.4 Å². The third-order valence-corrected chi connectivity index (χ3v) is 5.07. The van der Waals surface area contributed by atoms with Crippen LogP contribution in [0, 0.1) is 13.8 Å². The standard InChI is InChI=1S/C18H22N2O4S/c1-5-18(21)19-16-11-14(7-9-17(16)24-4)25(22,23)20-15-8-6-12(2)10-13(15)3/h6-11,20H,5H2,1-4H3,(H,19,21). The first-order valence-corrected chi connectivity index (χ1v) is 9.33. The fourth-order valence-electron chi connectivity index (χ4n) is 2.32. The molecule has 0 saturated carbocycles. The monoisotopic (exact) mass is 362 g/mol. The van der Waals surface area contributed by atoms with Gasteiger partial charge in [0.2, 0.25) is 5.91 Å². The van der Waals surface area contributed by atoms with Gasteiger partial charge in [-0.15, -0.1) is 0 Å². The number of rotatable bonds is 6. The molecule has 2 N–H and O–H groups in total. The molecular formula is C18H22N2O4S. The van der Waals surface area contributed by atoms with E-state index in [9.17, 15) is 13.2 Å². The van der Waals surface area contributed by atoms with Crippen LogP contribution in [0.1, 0.15) is 24.5 Å². The normalized spacial score (nSPS) is 11.0. The molecule has 7 heteroatoms. The van der Waals surface area contributed by atoms with Crippen molar-refractivity contribution in [1.29, 1.82) is 0 Å². The van der Waals surface area contributed by atoms with Crippen molar-refractivity contribution in [2.45, 2.75) is 32.1 Å². The Labute approximate surface area is 148 Å². The average Bonchev–Trinajstić information content (AvgIpc) is 2.57. The lowest BCUT2D eigenvalue weighted by Gasteiger charge is -2.14. The van der Waals surface area contributed by atoms with E-state index in [1.807, 2.05) is 26.0 Å². The third-order valence-electron chi connectivity index (χ3n) is 3.70. The lowest BCUT2D eigenvalue weighted by molar-refractivity contribution is -0.115. The second kappa shape index (κ2) is 7.57. The first kappa shape index (κ1) is 18.8. The molecule has 2 aromatic carbocycles. The van der Waals surface area contributed by atoms with E-state index in [-0.39, 0.29) is 17.2 Å². The van der Waals surface area contributed by atoms with Crippen molar-refractivity contribution in [1.82, 2.24) is 0 Å². The Morgan fingerprint density at radius 2 is 1.80 bits per heavy atom. The van der Waals surface area contributed by atoms with Crippen LogP contribution in [0.5, 0.6) is 5.75 Å². The number of methoxy groups -OCH3 is 1. The number of carbonyl (C=O) groups excluding carboxylic acids is 1. The number of sulfonamides is 1. The van der Waals surface area contributed by atoms with Gasteiger partial charge in [-0.05, 0) is 43.7 Å². The third kappa shape index (κ3) is 4.51. The fraction of sp³-hybridized carbons (Fsp3) is 0.278. The van der Waals surface area contributed by atoms with Crippen molar-refractivity contribution in [3.8, 4) is 5.75 Å². The molecule has 0 atom stereocenters. The highest BCUT2D eigenvalue weighted by molar-refractivity contribution is 7.92. The van der Waals surface area contributed by atoms with Crippen LogP contribution < -0.4 is 14.8 Å². The van der Waals surface area contributed by atoms with Gasteiger partial charge in [-0.2, -0.15) is 0 Å².